The molecule has 0 aliphatic heterocycles. The smallest absolute Gasteiger partial charge is 0.211 e. The summed E-state index contributed by atoms with van der Waals surface area (Å²) in [6, 6.07) is 7.97. The first kappa shape index (κ1) is 15.5. The van der Waals surface area contributed by atoms with Gasteiger partial charge < -0.3 is 16.2 Å². The number of guanidine groups is 1. The second kappa shape index (κ2) is 8.42. The van der Waals surface area contributed by atoms with Crippen LogP contribution >= 0.6 is 0 Å². The van der Waals surface area contributed by atoms with Crippen molar-refractivity contribution in [1.29, 1.82) is 0 Å². The number of benzene rings is 1. The predicted octanol–water partition coefficient (Wildman–Crippen LogP) is 2.39. The summed E-state index contributed by atoms with van der Waals surface area (Å²) in [5.74, 6) is 0.679. The summed E-state index contributed by atoms with van der Waals surface area (Å²) < 4.78 is 5.88. The second-order valence-corrected chi connectivity index (χ2v) is 5.49. The molecule has 0 bridgehead atoms. The highest BCUT2D eigenvalue weighted by atomic mass is 16.5. The van der Waals surface area contributed by atoms with Crippen LogP contribution in [-0.2, 0) is 11.3 Å². The van der Waals surface area contributed by atoms with Crippen molar-refractivity contribution in [1.82, 2.24) is 0 Å². The van der Waals surface area contributed by atoms with E-state index in [0.29, 0.717) is 6.61 Å². The Balaban J connectivity index is 1.87. The lowest BCUT2D eigenvalue weighted by atomic mass is 9.90. The average Bonchev–Trinajstić information content (AvgIpc) is 2.49. The SMILES string of the molecule is NC(N)=NN=Cc1ccccc1COCC1CCCCC1. The summed E-state index contributed by atoms with van der Waals surface area (Å²) >= 11 is 0. The zero-order valence-electron chi connectivity index (χ0n) is 12.4. The van der Waals surface area contributed by atoms with E-state index < -0.39 is 0 Å². The first-order valence-corrected chi connectivity index (χ1v) is 7.53. The molecule has 114 valence electrons. The first-order valence-electron chi connectivity index (χ1n) is 7.53. The van der Waals surface area contributed by atoms with E-state index in [2.05, 4.69) is 10.2 Å². The van der Waals surface area contributed by atoms with Crippen molar-refractivity contribution in [2.75, 3.05) is 6.61 Å². The van der Waals surface area contributed by atoms with Crippen molar-refractivity contribution in [3.8, 4) is 0 Å². The summed E-state index contributed by atoms with van der Waals surface area (Å²) in [6.45, 7) is 1.44. The normalized spacial score (nSPS) is 16.2. The lowest BCUT2D eigenvalue weighted by molar-refractivity contribution is 0.0739. The highest BCUT2D eigenvalue weighted by molar-refractivity contribution is 5.83. The summed E-state index contributed by atoms with van der Waals surface area (Å²) in [7, 11) is 0. The van der Waals surface area contributed by atoms with E-state index in [1.54, 1.807) is 6.21 Å². The van der Waals surface area contributed by atoms with Crippen LogP contribution in [0.3, 0.4) is 0 Å². The standard InChI is InChI=1S/C16H24N4O/c17-16(18)20-19-10-14-8-4-5-9-15(14)12-21-11-13-6-2-1-3-7-13/h4-5,8-10,13H,1-3,6-7,11-12H2,(H4,17,18,20). The topological polar surface area (TPSA) is 86.0 Å². The molecule has 1 aliphatic carbocycles. The maximum Gasteiger partial charge on any atom is 0.211 e. The van der Waals surface area contributed by atoms with Crippen molar-refractivity contribution in [3.05, 3.63) is 35.4 Å². The monoisotopic (exact) mass is 288 g/mol. The molecule has 0 saturated heterocycles. The molecule has 21 heavy (non-hydrogen) atoms. The number of nitrogens with zero attached hydrogens (tertiary/aromatic N) is 2. The van der Waals surface area contributed by atoms with Crippen molar-refractivity contribution in [2.45, 2.75) is 38.7 Å². The van der Waals surface area contributed by atoms with Crippen molar-refractivity contribution >= 4 is 12.2 Å². The highest BCUT2D eigenvalue weighted by Gasteiger charge is 2.13. The van der Waals surface area contributed by atoms with Gasteiger partial charge in [-0.1, -0.05) is 43.5 Å². The van der Waals surface area contributed by atoms with Crippen LogP contribution in [0.15, 0.2) is 34.5 Å². The van der Waals surface area contributed by atoms with E-state index in [-0.39, 0.29) is 5.96 Å². The lowest BCUT2D eigenvalue weighted by Crippen LogP contribution is -2.21. The molecule has 1 aliphatic rings. The van der Waals surface area contributed by atoms with Crippen LogP contribution in [0, 0.1) is 5.92 Å². The number of nitrogens with two attached hydrogens (primary N) is 2. The third kappa shape index (κ3) is 5.55. The molecule has 4 N–H and O–H groups in total. The van der Waals surface area contributed by atoms with E-state index in [1.807, 2.05) is 24.3 Å². The van der Waals surface area contributed by atoms with Crippen LogP contribution in [0.25, 0.3) is 0 Å². The third-order valence-corrected chi connectivity index (χ3v) is 3.76. The van der Waals surface area contributed by atoms with Crippen LogP contribution < -0.4 is 11.5 Å². The van der Waals surface area contributed by atoms with Gasteiger partial charge in [0.25, 0.3) is 0 Å². The van der Waals surface area contributed by atoms with Crippen LogP contribution in [0.5, 0.6) is 0 Å². The molecule has 0 unspecified atom stereocenters. The predicted molar refractivity (Wildman–Crippen MR) is 86.1 cm³/mol. The van der Waals surface area contributed by atoms with Crippen LogP contribution in [0.1, 0.15) is 43.2 Å². The fraction of sp³-hybridized carbons (Fsp3) is 0.500. The minimum absolute atomic E-state index is 0.0442. The van der Waals surface area contributed by atoms with Gasteiger partial charge in [0.05, 0.1) is 12.8 Å². The van der Waals surface area contributed by atoms with Crippen LogP contribution in [0.4, 0.5) is 0 Å². The van der Waals surface area contributed by atoms with E-state index in [0.717, 1.165) is 23.7 Å². The van der Waals surface area contributed by atoms with Gasteiger partial charge in [-0.15, -0.1) is 5.10 Å². The molecule has 1 fully saturated rings. The van der Waals surface area contributed by atoms with Crippen LogP contribution in [0.2, 0.25) is 0 Å². The lowest BCUT2D eigenvalue weighted by Gasteiger charge is -2.21. The molecule has 1 aromatic carbocycles. The Labute approximate surface area is 126 Å². The van der Waals surface area contributed by atoms with Gasteiger partial charge in [0.1, 0.15) is 0 Å². The van der Waals surface area contributed by atoms with E-state index in [4.69, 9.17) is 16.2 Å². The summed E-state index contributed by atoms with van der Waals surface area (Å²) in [4.78, 5) is 0. The Hall–Kier alpha value is -1.88. The van der Waals surface area contributed by atoms with Crippen molar-refractivity contribution in [2.24, 2.45) is 27.6 Å². The number of hydrogen-bond acceptors (Lipinski definition) is 3. The van der Waals surface area contributed by atoms with Gasteiger partial charge >= 0.3 is 0 Å². The zero-order chi connectivity index (χ0) is 14.9. The van der Waals surface area contributed by atoms with Crippen molar-refractivity contribution < 1.29 is 4.74 Å². The van der Waals surface area contributed by atoms with Crippen LogP contribution in [-0.4, -0.2) is 18.8 Å². The molecule has 1 saturated carbocycles. The van der Waals surface area contributed by atoms with E-state index in [9.17, 15) is 0 Å². The Morgan fingerprint density at radius 3 is 2.71 bits per heavy atom. The Kier molecular flexibility index (Phi) is 6.22. The molecule has 5 heteroatoms. The molecule has 0 amide bonds. The minimum Gasteiger partial charge on any atom is -0.376 e. The molecule has 0 spiro atoms. The number of rotatable bonds is 6. The molecular formula is C16H24N4O. The molecule has 1 aromatic rings. The maximum atomic E-state index is 5.88. The molecule has 2 rings (SSSR count). The zero-order valence-corrected chi connectivity index (χ0v) is 12.4. The van der Waals surface area contributed by atoms with Gasteiger partial charge in [-0.25, -0.2) is 0 Å². The Morgan fingerprint density at radius 1 is 1.19 bits per heavy atom. The molecule has 5 nitrogen and oxygen atoms in total. The average molecular weight is 288 g/mol. The van der Waals surface area contributed by atoms with Gasteiger partial charge in [0.2, 0.25) is 5.96 Å². The van der Waals surface area contributed by atoms with E-state index in [1.165, 1.54) is 32.1 Å². The number of ether oxygens (including phenoxy) is 1. The largest absolute Gasteiger partial charge is 0.376 e. The second-order valence-electron chi connectivity index (χ2n) is 5.49. The molecule has 0 radical (unpaired) electrons. The fourth-order valence-electron chi connectivity index (χ4n) is 2.64. The molecular weight excluding hydrogens is 264 g/mol. The number of hydrogen-bond donors (Lipinski definition) is 2. The Morgan fingerprint density at radius 2 is 1.95 bits per heavy atom. The molecule has 0 atom stereocenters. The molecule has 0 heterocycles. The van der Waals surface area contributed by atoms with Gasteiger partial charge in [0, 0.05) is 12.2 Å². The maximum absolute atomic E-state index is 5.88. The third-order valence-electron chi connectivity index (χ3n) is 3.76. The van der Waals surface area contributed by atoms with Crippen molar-refractivity contribution in [3.63, 3.8) is 0 Å². The van der Waals surface area contributed by atoms with E-state index >= 15 is 0 Å². The van der Waals surface area contributed by atoms with Gasteiger partial charge in [-0.05, 0) is 24.3 Å². The summed E-state index contributed by atoms with van der Waals surface area (Å²) in [5, 5.41) is 7.47. The van der Waals surface area contributed by atoms with Gasteiger partial charge in [-0.2, -0.15) is 5.10 Å². The fourth-order valence-corrected chi connectivity index (χ4v) is 2.64. The van der Waals surface area contributed by atoms with Gasteiger partial charge in [-0.3, -0.25) is 0 Å². The summed E-state index contributed by atoms with van der Waals surface area (Å²) in [5.41, 5.74) is 12.6. The summed E-state index contributed by atoms with van der Waals surface area (Å²) in [6.07, 6.45) is 8.31. The first-order chi connectivity index (χ1) is 10.3. The highest BCUT2D eigenvalue weighted by Crippen LogP contribution is 2.24. The minimum atomic E-state index is -0.0442. The van der Waals surface area contributed by atoms with Gasteiger partial charge in [0.15, 0.2) is 0 Å². The molecule has 0 aromatic heterocycles. The quantitative estimate of drug-likeness (QED) is 0.479. The Bertz CT molecular complexity index is 489.